The van der Waals surface area contributed by atoms with E-state index in [1.165, 1.54) is 44.5 Å². The third-order valence-electron chi connectivity index (χ3n) is 13.3. The predicted molar refractivity (Wildman–Crippen MR) is 282 cm³/mol. The molecule has 0 amide bonds. The molecule has 6 aromatic rings. The molecule has 10 bridgehead atoms. The fraction of sp³-hybridized carbons (Fsp3) is 0.452. The lowest BCUT2D eigenvalue weighted by atomic mass is 9.74. The van der Waals surface area contributed by atoms with Crippen molar-refractivity contribution in [2.45, 2.75) is 144 Å². The largest absolute Gasteiger partial charge is 0.491 e. The van der Waals surface area contributed by atoms with Gasteiger partial charge in [0.05, 0.1) is 37.8 Å². The molecule has 0 saturated carbocycles. The summed E-state index contributed by atoms with van der Waals surface area (Å²) < 4.78 is 39.7. The van der Waals surface area contributed by atoms with Gasteiger partial charge in [-0.3, -0.25) is 9.97 Å². The molecule has 1 aliphatic heterocycles. The first-order chi connectivity index (χ1) is 33.2. The van der Waals surface area contributed by atoms with Crippen LogP contribution in [0.15, 0.2) is 97.3 Å². The maximum Gasteiger partial charge on any atom is 0.130 e. The summed E-state index contributed by atoms with van der Waals surface area (Å²) in [7, 11) is 0. The molecule has 0 fully saturated rings. The highest BCUT2D eigenvalue weighted by atomic mass is 16.6. The Labute approximate surface area is 418 Å². The fourth-order valence-corrected chi connectivity index (χ4v) is 10.2. The van der Waals surface area contributed by atoms with Crippen molar-refractivity contribution < 1.29 is 28.4 Å². The average molecular weight is 945 g/mol. The van der Waals surface area contributed by atoms with Gasteiger partial charge in [-0.15, -0.1) is 0 Å². The first kappa shape index (κ1) is 50.7. The topological polar surface area (TPSA) is 81.2 Å². The second-order valence-corrected chi connectivity index (χ2v) is 23.3. The molecule has 70 heavy (non-hydrogen) atoms. The molecule has 0 saturated heterocycles. The van der Waals surface area contributed by atoms with Crippen molar-refractivity contribution in [3.63, 3.8) is 0 Å². The van der Waals surface area contributed by atoms with Crippen LogP contribution in [0, 0.1) is 0 Å². The van der Waals surface area contributed by atoms with Crippen LogP contribution in [0.4, 0.5) is 0 Å². The van der Waals surface area contributed by atoms with Crippen LogP contribution in [0.1, 0.15) is 161 Å². The van der Waals surface area contributed by atoms with Gasteiger partial charge in [0, 0.05) is 31.7 Å². The van der Waals surface area contributed by atoms with E-state index in [1.807, 2.05) is 48.8 Å². The quantitative estimate of drug-likeness (QED) is 0.163. The minimum Gasteiger partial charge on any atom is -0.491 e. The molecular formula is C62H76N2O6. The summed E-state index contributed by atoms with van der Waals surface area (Å²) in [6.45, 7) is 31.2. The van der Waals surface area contributed by atoms with Crippen molar-refractivity contribution in [2.75, 3.05) is 39.6 Å². The number of ether oxygens (including phenoxy) is 6. The van der Waals surface area contributed by atoms with Crippen LogP contribution in [-0.4, -0.2) is 49.6 Å². The molecule has 8 nitrogen and oxygen atoms in total. The van der Waals surface area contributed by atoms with Crippen LogP contribution in [0.3, 0.4) is 0 Å². The van der Waals surface area contributed by atoms with E-state index in [4.69, 9.17) is 38.4 Å². The number of pyridine rings is 2. The van der Waals surface area contributed by atoms with Gasteiger partial charge in [-0.05, 0) is 143 Å². The zero-order valence-corrected chi connectivity index (χ0v) is 44.1. The Morgan fingerprint density at radius 1 is 0.400 bits per heavy atom. The number of rotatable bonds is 6. The first-order valence-corrected chi connectivity index (χ1v) is 25.3. The molecule has 0 atom stereocenters. The van der Waals surface area contributed by atoms with Crippen molar-refractivity contribution in [3.05, 3.63) is 175 Å². The maximum absolute atomic E-state index is 7.18. The third kappa shape index (κ3) is 12.4. The minimum atomic E-state index is -0.229. The average Bonchev–Trinajstić information content (AvgIpc) is 3.27. The van der Waals surface area contributed by atoms with Crippen molar-refractivity contribution in [1.29, 1.82) is 0 Å². The van der Waals surface area contributed by atoms with Crippen molar-refractivity contribution >= 4 is 0 Å². The van der Waals surface area contributed by atoms with Gasteiger partial charge in [-0.2, -0.15) is 0 Å². The Morgan fingerprint density at radius 2 is 0.729 bits per heavy atom. The van der Waals surface area contributed by atoms with Gasteiger partial charge < -0.3 is 28.4 Å². The van der Waals surface area contributed by atoms with E-state index < -0.39 is 0 Å². The van der Waals surface area contributed by atoms with Gasteiger partial charge in [0.1, 0.15) is 49.4 Å². The lowest BCUT2D eigenvalue weighted by Gasteiger charge is -2.32. The Kier molecular flexibility index (Phi) is 15.2. The second-order valence-electron chi connectivity index (χ2n) is 23.3. The molecule has 0 radical (unpaired) electrons. The summed E-state index contributed by atoms with van der Waals surface area (Å²) in [6.07, 6.45) is 6.16. The molecule has 0 unspecified atom stereocenters. The van der Waals surface area contributed by atoms with Crippen LogP contribution in [0.2, 0.25) is 0 Å². The number of benzene rings is 4. The number of hydrogen-bond acceptors (Lipinski definition) is 8. The van der Waals surface area contributed by atoms with Crippen LogP contribution >= 0.6 is 0 Å². The van der Waals surface area contributed by atoms with Crippen LogP contribution in [0.5, 0.6) is 23.0 Å². The van der Waals surface area contributed by atoms with E-state index in [0.29, 0.717) is 78.5 Å². The Bertz CT molecular complexity index is 2570. The van der Waals surface area contributed by atoms with Gasteiger partial charge in [-0.25, -0.2) is 0 Å². The zero-order valence-electron chi connectivity index (χ0n) is 44.1. The first-order valence-electron chi connectivity index (χ1n) is 25.3. The van der Waals surface area contributed by atoms with E-state index in [1.54, 1.807) is 0 Å². The monoisotopic (exact) mass is 945 g/mol. The molecular weight excluding hydrogens is 869 g/mol. The maximum atomic E-state index is 7.18. The summed E-state index contributed by atoms with van der Waals surface area (Å²) >= 11 is 0. The Hall–Kier alpha value is -5.70. The molecule has 4 aromatic carbocycles. The van der Waals surface area contributed by atoms with E-state index >= 15 is 0 Å². The van der Waals surface area contributed by atoms with Gasteiger partial charge in [-0.1, -0.05) is 119 Å². The molecule has 8 rings (SSSR count). The third-order valence-corrected chi connectivity index (χ3v) is 13.3. The number of aromatic nitrogens is 2. The summed E-state index contributed by atoms with van der Waals surface area (Å²) in [6, 6.07) is 30.7. The lowest BCUT2D eigenvalue weighted by Crippen LogP contribution is -2.22. The Morgan fingerprint density at radius 3 is 1.04 bits per heavy atom. The zero-order chi connectivity index (χ0) is 49.8. The van der Waals surface area contributed by atoms with Gasteiger partial charge in [0.2, 0.25) is 0 Å². The SMILES string of the molecule is CC(C)(C)c1cc2c(OCc3ccccn3)c(c1)Cc1cc3cc(c1C(C)(C)C)Cc1cc(cc(c1C(C)(C)C)Cc1cc(C(C)(C)C)cc(c1OCc1ccccn1)C2)OCCOCCOCCO3. The predicted octanol–water partition coefficient (Wildman–Crippen LogP) is 13.3. The van der Waals surface area contributed by atoms with Gasteiger partial charge in [0.15, 0.2) is 0 Å². The smallest absolute Gasteiger partial charge is 0.130 e. The van der Waals surface area contributed by atoms with E-state index in [2.05, 4.69) is 132 Å². The van der Waals surface area contributed by atoms with Gasteiger partial charge >= 0.3 is 0 Å². The molecule has 0 N–H and O–H groups in total. The number of fused-ring (bicyclic) bond motifs is 8. The van der Waals surface area contributed by atoms with Crippen molar-refractivity contribution in [1.82, 2.24) is 9.97 Å². The lowest BCUT2D eigenvalue weighted by molar-refractivity contribution is 0.0273. The normalized spacial score (nSPS) is 15.1. The number of hydrogen-bond donors (Lipinski definition) is 0. The molecule has 370 valence electrons. The van der Waals surface area contributed by atoms with Crippen LogP contribution in [-0.2, 0) is 70.0 Å². The van der Waals surface area contributed by atoms with E-state index in [-0.39, 0.29) is 21.7 Å². The van der Waals surface area contributed by atoms with E-state index in [0.717, 1.165) is 56.6 Å². The van der Waals surface area contributed by atoms with Gasteiger partial charge in [0.25, 0.3) is 0 Å². The highest BCUT2D eigenvalue weighted by molar-refractivity contribution is 5.59. The summed E-state index contributed by atoms with van der Waals surface area (Å²) in [5, 5.41) is 0. The van der Waals surface area contributed by atoms with Crippen LogP contribution in [0.25, 0.3) is 0 Å². The van der Waals surface area contributed by atoms with Crippen molar-refractivity contribution in [2.24, 2.45) is 0 Å². The number of nitrogens with zero attached hydrogens (tertiary/aromatic N) is 2. The molecule has 3 heterocycles. The molecule has 2 aliphatic rings. The summed E-state index contributed by atoms with van der Waals surface area (Å²) in [4.78, 5) is 9.43. The Balaban J connectivity index is 1.48. The van der Waals surface area contributed by atoms with Crippen LogP contribution < -0.4 is 18.9 Å². The summed E-state index contributed by atoms with van der Waals surface area (Å²) in [5.74, 6) is 3.41. The second kappa shape index (κ2) is 20.9. The highest BCUT2D eigenvalue weighted by Gasteiger charge is 2.31. The fourth-order valence-electron chi connectivity index (χ4n) is 10.2. The molecule has 8 heteroatoms. The molecule has 0 spiro atoms. The van der Waals surface area contributed by atoms with E-state index in [9.17, 15) is 0 Å². The molecule has 2 aromatic heterocycles. The molecule has 1 aliphatic carbocycles. The summed E-state index contributed by atoms with van der Waals surface area (Å²) in [5.41, 5.74) is 15.4. The minimum absolute atomic E-state index is 0.165. The standard InChI is InChI=1S/C62H76N2O6/c1-59(2,3)49-31-45-28-43-37-53-35-41(55(43)61(7,8)9)27-42-36-54(68-26-24-66-22-21-65-23-25-67-53)38-44(56(42)62(10,11)12)29-46-32-50(60(4,5)6)34-48(58(46)70-40-52-18-14-16-20-64-52)30-47(33-49)57(45)69-39-51-17-13-15-19-63-51/h13-20,31-38H,21-30,39-40H2,1-12H3. The highest BCUT2D eigenvalue weighted by Crippen LogP contribution is 2.45. The van der Waals surface area contributed by atoms with Crippen molar-refractivity contribution in [3.8, 4) is 23.0 Å².